The summed E-state index contributed by atoms with van der Waals surface area (Å²) in [7, 11) is 0. The molecule has 2 aliphatic heterocycles. The maximum atomic E-state index is 12.5. The standard InChI is InChI=1S/C18H16N2O5/c1-10-17(21)20-13-4-2-11(8-15(13)25-10)18(22)19-12-3-5-14-16(9-12)24-7-6-23-14/h2-5,8-10H,6-7H2,1H3,(H,19,22)(H,20,21). The summed E-state index contributed by atoms with van der Waals surface area (Å²) in [6, 6.07) is 10.1. The number of carbonyl (C=O) groups excluding carboxylic acids is 2. The van der Waals surface area contributed by atoms with Crippen molar-refractivity contribution in [1.82, 2.24) is 0 Å². The molecular formula is C18H16N2O5. The van der Waals surface area contributed by atoms with Crippen molar-refractivity contribution >= 4 is 23.2 Å². The van der Waals surface area contributed by atoms with Gasteiger partial charge in [0, 0.05) is 17.3 Å². The number of ether oxygens (including phenoxy) is 3. The van der Waals surface area contributed by atoms with Crippen LogP contribution in [0, 0.1) is 0 Å². The van der Waals surface area contributed by atoms with Gasteiger partial charge in [-0.15, -0.1) is 0 Å². The largest absolute Gasteiger partial charge is 0.486 e. The molecule has 0 spiro atoms. The summed E-state index contributed by atoms with van der Waals surface area (Å²) in [5.41, 5.74) is 1.59. The maximum absolute atomic E-state index is 12.5. The first-order valence-corrected chi connectivity index (χ1v) is 7.93. The molecule has 4 rings (SSSR count). The lowest BCUT2D eigenvalue weighted by atomic mass is 10.1. The van der Waals surface area contributed by atoms with Gasteiger partial charge in [-0.3, -0.25) is 9.59 Å². The highest BCUT2D eigenvalue weighted by Crippen LogP contribution is 2.33. The van der Waals surface area contributed by atoms with Gasteiger partial charge in [0.2, 0.25) is 0 Å². The van der Waals surface area contributed by atoms with Gasteiger partial charge in [0.15, 0.2) is 17.6 Å². The molecule has 25 heavy (non-hydrogen) atoms. The molecule has 0 aliphatic carbocycles. The second-order valence-electron chi connectivity index (χ2n) is 5.77. The van der Waals surface area contributed by atoms with Crippen LogP contribution in [0.15, 0.2) is 36.4 Å². The molecule has 7 nitrogen and oxygen atoms in total. The van der Waals surface area contributed by atoms with Crippen LogP contribution in [-0.2, 0) is 4.79 Å². The third-order valence-electron chi connectivity index (χ3n) is 3.97. The van der Waals surface area contributed by atoms with Gasteiger partial charge in [0.05, 0.1) is 5.69 Å². The first-order valence-electron chi connectivity index (χ1n) is 7.93. The number of rotatable bonds is 2. The van der Waals surface area contributed by atoms with Crippen LogP contribution in [0.4, 0.5) is 11.4 Å². The number of carbonyl (C=O) groups is 2. The molecule has 2 heterocycles. The lowest BCUT2D eigenvalue weighted by molar-refractivity contribution is -0.122. The van der Waals surface area contributed by atoms with Crippen molar-refractivity contribution < 1.29 is 23.8 Å². The third-order valence-corrected chi connectivity index (χ3v) is 3.97. The summed E-state index contributed by atoms with van der Waals surface area (Å²) in [5, 5.41) is 5.55. The Morgan fingerprint density at radius 2 is 1.88 bits per heavy atom. The predicted molar refractivity (Wildman–Crippen MR) is 90.5 cm³/mol. The van der Waals surface area contributed by atoms with Crippen molar-refractivity contribution in [3.8, 4) is 17.2 Å². The molecule has 0 radical (unpaired) electrons. The van der Waals surface area contributed by atoms with Gasteiger partial charge in [0.25, 0.3) is 11.8 Å². The summed E-state index contributed by atoms with van der Waals surface area (Å²) in [4.78, 5) is 24.1. The van der Waals surface area contributed by atoms with E-state index < -0.39 is 6.10 Å². The molecular weight excluding hydrogens is 324 g/mol. The monoisotopic (exact) mass is 340 g/mol. The predicted octanol–water partition coefficient (Wildman–Crippen LogP) is 2.43. The number of benzene rings is 2. The molecule has 0 saturated heterocycles. The van der Waals surface area contributed by atoms with Crippen molar-refractivity contribution in [1.29, 1.82) is 0 Å². The summed E-state index contributed by atoms with van der Waals surface area (Å²) in [6.45, 7) is 2.65. The normalized spacial score (nSPS) is 17.8. The Morgan fingerprint density at radius 3 is 2.72 bits per heavy atom. The van der Waals surface area contributed by atoms with Gasteiger partial charge in [-0.1, -0.05) is 0 Å². The van der Waals surface area contributed by atoms with Crippen molar-refractivity contribution in [2.24, 2.45) is 0 Å². The molecule has 0 fully saturated rings. The van der Waals surface area contributed by atoms with Gasteiger partial charge in [-0.05, 0) is 37.3 Å². The molecule has 2 aliphatic rings. The average Bonchev–Trinajstić information content (AvgIpc) is 2.62. The number of amides is 2. The zero-order valence-corrected chi connectivity index (χ0v) is 13.5. The Bertz CT molecular complexity index is 865. The van der Waals surface area contributed by atoms with Gasteiger partial charge < -0.3 is 24.8 Å². The smallest absolute Gasteiger partial charge is 0.265 e. The van der Waals surface area contributed by atoms with Crippen LogP contribution in [0.25, 0.3) is 0 Å². The van der Waals surface area contributed by atoms with Crippen LogP contribution < -0.4 is 24.8 Å². The lowest BCUT2D eigenvalue weighted by Gasteiger charge is -2.23. The Balaban J connectivity index is 1.54. The van der Waals surface area contributed by atoms with Crippen LogP contribution in [0.2, 0.25) is 0 Å². The number of hydrogen-bond acceptors (Lipinski definition) is 5. The minimum Gasteiger partial charge on any atom is -0.486 e. The van der Waals surface area contributed by atoms with E-state index in [1.807, 2.05) is 0 Å². The van der Waals surface area contributed by atoms with E-state index in [-0.39, 0.29) is 11.8 Å². The minimum absolute atomic E-state index is 0.207. The first-order chi connectivity index (χ1) is 12.1. The highest BCUT2D eigenvalue weighted by molar-refractivity contribution is 6.06. The Hall–Kier alpha value is -3.22. The van der Waals surface area contributed by atoms with Gasteiger partial charge >= 0.3 is 0 Å². The molecule has 2 N–H and O–H groups in total. The SMILES string of the molecule is CC1Oc2cc(C(=O)Nc3ccc4c(c3)OCCO4)ccc2NC1=O. The molecule has 0 aromatic heterocycles. The highest BCUT2D eigenvalue weighted by Gasteiger charge is 2.24. The first kappa shape index (κ1) is 15.3. The number of hydrogen-bond donors (Lipinski definition) is 2. The van der Waals surface area contributed by atoms with E-state index in [0.29, 0.717) is 47.4 Å². The van der Waals surface area contributed by atoms with Crippen molar-refractivity contribution in [3.63, 3.8) is 0 Å². The van der Waals surface area contributed by atoms with E-state index in [4.69, 9.17) is 14.2 Å². The molecule has 7 heteroatoms. The fourth-order valence-corrected chi connectivity index (χ4v) is 2.67. The van der Waals surface area contributed by atoms with Gasteiger partial charge in [-0.25, -0.2) is 0 Å². The van der Waals surface area contributed by atoms with Crippen LogP contribution in [0.3, 0.4) is 0 Å². The molecule has 128 valence electrons. The van der Waals surface area contributed by atoms with Gasteiger partial charge in [-0.2, -0.15) is 0 Å². The van der Waals surface area contributed by atoms with Crippen LogP contribution in [0.1, 0.15) is 17.3 Å². The van der Waals surface area contributed by atoms with E-state index in [1.54, 1.807) is 43.3 Å². The van der Waals surface area contributed by atoms with Crippen molar-refractivity contribution in [2.75, 3.05) is 23.8 Å². The Kier molecular flexibility index (Phi) is 3.68. The number of fused-ring (bicyclic) bond motifs is 2. The molecule has 2 amide bonds. The lowest BCUT2D eigenvalue weighted by Crippen LogP contribution is -2.34. The fourth-order valence-electron chi connectivity index (χ4n) is 2.67. The Labute approximate surface area is 143 Å². The average molecular weight is 340 g/mol. The van der Waals surface area contributed by atoms with E-state index in [0.717, 1.165) is 0 Å². The van der Waals surface area contributed by atoms with Crippen molar-refractivity contribution in [2.45, 2.75) is 13.0 Å². The number of anilines is 2. The second-order valence-corrected chi connectivity index (χ2v) is 5.77. The van der Waals surface area contributed by atoms with E-state index >= 15 is 0 Å². The quantitative estimate of drug-likeness (QED) is 0.877. The minimum atomic E-state index is -0.594. The zero-order valence-electron chi connectivity index (χ0n) is 13.5. The topological polar surface area (TPSA) is 85.9 Å². The summed E-state index contributed by atoms with van der Waals surface area (Å²) < 4.78 is 16.5. The van der Waals surface area contributed by atoms with Crippen molar-refractivity contribution in [3.05, 3.63) is 42.0 Å². The van der Waals surface area contributed by atoms with E-state index in [1.165, 1.54) is 0 Å². The van der Waals surface area contributed by atoms with E-state index in [2.05, 4.69) is 10.6 Å². The molecule has 2 aromatic carbocycles. The molecule has 1 unspecified atom stereocenters. The molecule has 0 bridgehead atoms. The molecule has 0 saturated carbocycles. The third kappa shape index (κ3) is 2.96. The highest BCUT2D eigenvalue weighted by atomic mass is 16.6. The summed E-state index contributed by atoms with van der Waals surface area (Å²) >= 11 is 0. The molecule has 2 aromatic rings. The van der Waals surface area contributed by atoms with Crippen LogP contribution in [0.5, 0.6) is 17.2 Å². The zero-order chi connectivity index (χ0) is 17.4. The summed E-state index contributed by atoms with van der Waals surface area (Å²) in [5.74, 6) is 1.25. The number of nitrogens with one attached hydrogen (secondary N) is 2. The molecule has 1 atom stereocenters. The van der Waals surface area contributed by atoms with Crippen LogP contribution >= 0.6 is 0 Å². The van der Waals surface area contributed by atoms with Gasteiger partial charge in [0.1, 0.15) is 19.0 Å². The maximum Gasteiger partial charge on any atom is 0.265 e. The second kappa shape index (κ2) is 6.01. The Morgan fingerprint density at radius 1 is 1.08 bits per heavy atom. The summed E-state index contributed by atoms with van der Waals surface area (Å²) in [6.07, 6.45) is -0.594. The fraction of sp³-hybridized carbons (Fsp3) is 0.222. The van der Waals surface area contributed by atoms with E-state index in [9.17, 15) is 9.59 Å². The van der Waals surface area contributed by atoms with Crippen LogP contribution in [-0.4, -0.2) is 31.1 Å².